The second-order valence-electron chi connectivity index (χ2n) is 5.40. The van der Waals surface area contributed by atoms with Crippen LogP contribution in [0.1, 0.15) is 38.9 Å². The summed E-state index contributed by atoms with van der Waals surface area (Å²) < 4.78 is 0. The monoisotopic (exact) mass is 311 g/mol. The molecule has 2 atom stereocenters. The highest BCUT2D eigenvalue weighted by atomic mass is 35.5. The molecule has 0 spiro atoms. The summed E-state index contributed by atoms with van der Waals surface area (Å²) in [6.45, 7) is 6.16. The number of nitrogens with two attached hydrogens (primary N) is 1. The maximum Gasteiger partial charge on any atom is 0.0805 e. The Morgan fingerprint density at radius 2 is 1.78 bits per heavy atom. The van der Waals surface area contributed by atoms with Crippen molar-refractivity contribution in [2.75, 3.05) is 0 Å². The van der Waals surface area contributed by atoms with Crippen molar-refractivity contribution in [3.63, 3.8) is 0 Å². The highest BCUT2D eigenvalue weighted by molar-refractivity contribution is 6.42. The first-order valence-corrected chi connectivity index (χ1v) is 6.36. The van der Waals surface area contributed by atoms with E-state index >= 15 is 0 Å². The fraction of sp³-hybridized carbons (Fsp3) is 0.538. The van der Waals surface area contributed by atoms with Crippen LogP contribution in [0.25, 0.3) is 0 Å². The van der Waals surface area contributed by atoms with Crippen LogP contribution in [-0.2, 0) is 0 Å². The number of hydrogen-bond acceptors (Lipinski definition) is 2. The van der Waals surface area contributed by atoms with Crippen molar-refractivity contribution in [1.29, 1.82) is 0 Å². The van der Waals surface area contributed by atoms with Crippen LogP contribution in [0.4, 0.5) is 0 Å². The predicted octanol–water partition coefficient (Wildman–Crippen LogP) is 4.21. The topological polar surface area (TPSA) is 46.2 Å². The standard InChI is InChI=1S/C13H19Cl2NO.ClH/c1-13(2,3)12(16)7-11(17)8-4-5-9(14)10(15)6-8;/h4-6,11-12,17H,7,16H2,1-3H3;1H/t11-,12+;/m0./s1. The van der Waals surface area contributed by atoms with Crippen LogP contribution in [0.2, 0.25) is 10.0 Å². The average Bonchev–Trinajstić information content (AvgIpc) is 2.20. The largest absolute Gasteiger partial charge is 0.388 e. The van der Waals surface area contributed by atoms with Crippen LogP contribution in [0, 0.1) is 5.41 Å². The van der Waals surface area contributed by atoms with Crippen LogP contribution in [0.5, 0.6) is 0 Å². The van der Waals surface area contributed by atoms with Gasteiger partial charge in [-0.3, -0.25) is 0 Å². The van der Waals surface area contributed by atoms with Gasteiger partial charge in [0.1, 0.15) is 0 Å². The molecule has 0 aliphatic heterocycles. The van der Waals surface area contributed by atoms with Gasteiger partial charge < -0.3 is 10.8 Å². The molecule has 2 nitrogen and oxygen atoms in total. The van der Waals surface area contributed by atoms with Gasteiger partial charge in [-0.1, -0.05) is 50.0 Å². The van der Waals surface area contributed by atoms with Crippen molar-refractivity contribution in [3.8, 4) is 0 Å². The van der Waals surface area contributed by atoms with Gasteiger partial charge in [-0.2, -0.15) is 0 Å². The molecule has 104 valence electrons. The first-order chi connectivity index (χ1) is 7.71. The van der Waals surface area contributed by atoms with E-state index in [1.807, 2.05) is 0 Å². The van der Waals surface area contributed by atoms with Gasteiger partial charge >= 0.3 is 0 Å². The second-order valence-corrected chi connectivity index (χ2v) is 6.21. The van der Waals surface area contributed by atoms with E-state index in [1.165, 1.54) is 0 Å². The van der Waals surface area contributed by atoms with Crippen LogP contribution in [0.3, 0.4) is 0 Å². The van der Waals surface area contributed by atoms with E-state index in [2.05, 4.69) is 20.8 Å². The quantitative estimate of drug-likeness (QED) is 0.878. The molecule has 18 heavy (non-hydrogen) atoms. The molecular weight excluding hydrogens is 293 g/mol. The zero-order valence-electron chi connectivity index (χ0n) is 10.8. The molecule has 3 N–H and O–H groups in total. The second kappa shape index (κ2) is 6.97. The predicted molar refractivity (Wildman–Crippen MR) is 80.7 cm³/mol. The third-order valence-corrected chi connectivity index (χ3v) is 3.66. The van der Waals surface area contributed by atoms with Gasteiger partial charge in [-0.25, -0.2) is 0 Å². The van der Waals surface area contributed by atoms with Crippen molar-refractivity contribution in [2.24, 2.45) is 11.1 Å². The molecule has 0 radical (unpaired) electrons. The van der Waals surface area contributed by atoms with Crippen LogP contribution < -0.4 is 5.73 Å². The summed E-state index contributed by atoms with van der Waals surface area (Å²) in [5, 5.41) is 11.0. The fourth-order valence-corrected chi connectivity index (χ4v) is 1.76. The van der Waals surface area contributed by atoms with Gasteiger partial charge in [-0.05, 0) is 29.5 Å². The summed E-state index contributed by atoms with van der Waals surface area (Å²) >= 11 is 11.7. The molecule has 0 bridgehead atoms. The Kier molecular flexibility index (Phi) is 6.97. The Hall–Kier alpha value is 0.01000. The lowest BCUT2D eigenvalue weighted by Crippen LogP contribution is -2.36. The van der Waals surface area contributed by atoms with E-state index in [9.17, 15) is 5.11 Å². The fourth-order valence-electron chi connectivity index (χ4n) is 1.45. The Labute approximate surface area is 125 Å². The van der Waals surface area contributed by atoms with Gasteiger partial charge in [0.05, 0.1) is 16.1 Å². The lowest BCUT2D eigenvalue weighted by Gasteiger charge is -2.29. The van der Waals surface area contributed by atoms with Gasteiger partial charge in [0.15, 0.2) is 0 Å². The van der Waals surface area contributed by atoms with E-state index in [1.54, 1.807) is 18.2 Å². The zero-order chi connectivity index (χ0) is 13.2. The smallest absolute Gasteiger partial charge is 0.0805 e. The molecule has 0 saturated carbocycles. The van der Waals surface area contributed by atoms with E-state index in [-0.39, 0.29) is 23.9 Å². The summed E-state index contributed by atoms with van der Waals surface area (Å²) in [6.07, 6.45) is -0.111. The molecule has 0 aliphatic carbocycles. The average molecular weight is 313 g/mol. The molecule has 0 saturated heterocycles. The van der Waals surface area contributed by atoms with E-state index in [0.29, 0.717) is 16.5 Å². The first-order valence-electron chi connectivity index (χ1n) is 5.60. The first kappa shape index (κ1) is 18.0. The Morgan fingerprint density at radius 1 is 1.22 bits per heavy atom. The third-order valence-electron chi connectivity index (χ3n) is 2.92. The van der Waals surface area contributed by atoms with Gasteiger partial charge in [0.25, 0.3) is 0 Å². The summed E-state index contributed by atoms with van der Waals surface area (Å²) in [7, 11) is 0. The summed E-state index contributed by atoms with van der Waals surface area (Å²) in [4.78, 5) is 0. The Balaban J connectivity index is 0.00000289. The van der Waals surface area contributed by atoms with Crippen LogP contribution in [-0.4, -0.2) is 11.1 Å². The number of aliphatic hydroxyl groups is 1. The van der Waals surface area contributed by atoms with Crippen molar-refractivity contribution in [3.05, 3.63) is 33.8 Å². The Bertz CT molecular complexity index is 390. The van der Waals surface area contributed by atoms with Gasteiger partial charge in [0.2, 0.25) is 0 Å². The molecule has 0 aliphatic rings. The van der Waals surface area contributed by atoms with Crippen molar-refractivity contribution in [2.45, 2.75) is 39.3 Å². The van der Waals surface area contributed by atoms with Gasteiger partial charge in [0, 0.05) is 6.04 Å². The minimum Gasteiger partial charge on any atom is -0.388 e. The number of hydrogen-bond donors (Lipinski definition) is 2. The van der Waals surface area contributed by atoms with Crippen LogP contribution in [0.15, 0.2) is 18.2 Å². The number of aliphatic hydroxyl groups excluding tert-OH is 1. The Morgan fingerprint density at radius 3 is 2.22 bits per heavy atom. The number of halogens is 3. The molecule has 0 aromatic heterocycles. The van der Waals surface area contributed by atoms with E-state index in [0.717, 1.165) is 5.56 Å². The molecule has 0 amide bonds. The third kappa shape index (κ3) is 4.94. The van der Waals surface area contributed by atoms with E-state index < -0.39 is 6.10 Å². The molecule has 0 unspecified atom stereocenters. The minimum atomic E-state index is -0.612. The lowest BCUT2D eigenvalue weighted by atomic mass is 9.83. The molecule has 1 aromatic rings. The molecular formula is C13H20Cl3NO. The van der Waals surface area contributed by atoms with E-state index in [4.69, 9.17) is 28.9 Å². The molecule has 0 fully saturated rings. The molecule has 5 heteroatoms. The molecule has 0 heterocycles. The van der Waals surface area contributed by atoms with Gasteiger partial charge in [-0.15, -0.1) is 12.4 Å². The normalized spacial score (nSPS) is 14.8. The molecule has 1 rings (SSSR count). The highest BCUT2D eigenvalue weighted by Crippen LogP contribution is 2.30. The van der Waals surface area contributed by atoms with Crippen molar-refractivity contribution in [1.82, 2.24) is 0 Å². The van der Waals surface area contributed by atoms with Crippen molar-refractivity contribution < 1.29 is 5.11 Å². The van der Waals surface area contributed by atoms with Crippen LogP contribution >= 0.6 is 35.6 Å². The maximum absolute atomic E-state index is 10.1. The zero-order valence-corrected chi connectivity index (χ0v) is 13.1. The van der Waals surface area contributed by atoms with Crippen molar-refractivity contribution >= 4 is 35.6 Å². The summed E-state index contributed by atoms with van der Waals surface area (Å²) in [6, 6.07) is 5.07. The maximum atomic E-state index is 10.1. The summed E-state index contributed by atoms with van der Waals surface area (Å²) in [5.41, 5.74) is 6.76. The SMILES string of the molecule is CC(C)(C)[C@H](N)C[C@H](O)c1ccc(Cl)c(Cl)c1.Cl. The highest BCUT2D eigenvalue weighted by Gasteiger charge is 2.24. The molecule has 1 aromatic carbocycles. The lowest BCUT2D eigenvalue weighted by molar-refractivity contribution is 0.133. The number of rotatable bonds is 3. The minimum absolute atomic E-state index is 0. The number of benzene rings is 1. The summed E-state index contributed by atoms with van der Waals surface area (Å²) in [5.74, 6) is 0.